The number of anilines is 3. The fourth-order valence-corrected chi connectivity index (χ4v) is 5.96. The van der Waals surface area contributed by atoms with Crippen LogP contribution < -0.4 is 14.3 Å². The summed E-state index contributed by atoms with van der Waals surface area (Å²) in [6.45, 7) is -0.543. The van der Waals surface area contributed by atoms with E-state index < -0.39 is 32.5 Å². The summed E-state index contributed by atoms with van der Waals surface area (Å²) in [5.41, 5.74) is 0.499. The molecule has 4 aromatic rings. The summed E-state index contributed by atoms with van der Waals surface area (Å²) in [7, 11) is -7.99. The Morgan fingerprint density at radius 3 is 2.16 bits per heavy atom. The largest absolute Gasteiger partial charge is 0.325 e. The molecule has 0 aliphatic heterocycles. The first kappa shape index (κ1) is 26.1. The third-order valence-electron chi connectivity index (χ3n) is 5.07. The number of amides is 1. The molecule has 0 saturated carbocycles. The van der Waals surface area contributed by atoms with Gasteiger partial charge in [-0.05, 0) is 66.7 Å². The molecule has 0 spiro atoms. The van der Waals surface area contributed by atoms with Crippen LogP contribution in [0.1, 0.15) is 0 Å². The van der Waals surface area contributed by atoms with Crippen molar-refractivity contribution in [2.45, 2.75) is 9.79 Å². The maximum atomic E-state index is 13.4. The smallest absolute Gasteiger partial charge is 0.264 e. The molecule has 0 radical (unpaired) electrons. The third kappa shape index (κ3) is 6.45. The Hall–Kier alpha value is -3.93. The number of sulfonamides is 2. The van der Waals surface area contributed by atoms with Gasteiger partial charge in [0.1, 0.15) is 12.4 Å². The molecule has 3 aromatic carbocycles. The molecule has 1 aromatic heterocycles. The minimum absolute atomic E-state index is 0.0118. The molecular formula is C25H21ClN4O5S2. The Morgan fingerprint density at radius 1 is 0.811 bits per heavy atom. The number of aromatic nitrogens is 1. The molecule has 37 heavy (non-hydrogen) atoms. The van der Waals surface area contributed by atoms with Gasteiger partial charge in [0.05, 0.1) is 15.5 Å². The molecule has 0 aliphatic carbocycles. The zero-order chi connectivity index (χ0) is 26.5. The maximum Gasteiger partial charge on any atom is 0.264 e. The Bertz CT molecular complexity index is 1600. The van der Waals surface area contributed by atoms with Gasteiger partial charge in [-0.1, -0.05) is 41.9 Å². The first-order chi connectivity index (χ1) is 17.6. The second-order valence-corrected chi connectivity index (χ2v) is 11.7. The summed E-state index contributed by atoms with van der Waals surface area (Å²) in [4.78, 5) is 16.8. The van der Waals surface area contributed by atoms with Crippen molar-refractivity contribution >= 4 is 54.7 Å². The highest BCUT2D eigenvalue weighted by Gasteiger charge is 2.27. The number of halogens is 1. The molecule has 2 N–H and O–H groups in total. The molecular weight excluding hydrogens is 536 g/mol. The highest BCUT2D eigenvalue weighted by Crippen LogP contribution is 2.26. The average molecular weight is 557 g/mol. The molecule has 1 heterocycles. The number of benzene rings is 3. The molecule has 4 rings (SSSR count). The Labute approximate surface area is 219 Å². The van der Waals surface area contributed by atoms with Crippen molar-refractivity contribution in [3.63, 3.8) is 0 Å². The molecule has 0 atom stereocenters. The van der Waals surface area contributed by atoms with Gasteiger partial charge in [0.25, 0.3) is 20.0 Å². The van der Waals surface area contributed by atoms with Crippen molar-refractivity contribution in [1.29, 1.82) is 0 Å². The summed E-state index contributed by atoms with van der Waals surface area (Å²) in [6.07, 6.45) is 1.46. The van der Waals surface area contributed by atoms with Crippen LogP contribution in [0.25, 0.3) is 0 Å². The molecule has 12 heteroatoms. The van der Waals surface area contributed by atoms with E-state index in [0.29, 0.717) is 5.02 Å². The van der Waals surface area contributed by atoms with Crippen LogP contribution in [0.2, 0.25) is 5.02 Å². The lowest BCUT2D eigenvalue weighted by atomic mass is 10.3. The van der Waals surface area contributed by atoms with Gasteiger partial charge in [0.2, 0.25) is 5.91 Å². The standard InChI is InChI=1S/C25H21ClN4O5S2/c26-19-7-6-8-21(17-19)30(37(34,35)23-9-2-1-3-10-23)18-25(31)28-20-12-14-22(15-13-20)36(32,33)29-24-11-4-5-16-27-24/h1-17H,18H2,(H,27,29)(H,28,31). The minimum Gasteiger partial charge on any atom is -0.325 e. The number of carbonyl (C=O) groups excluding carboxylic acids is 1. The summed E-state index contributed by atoms with van der Waals surface area (Å²) in [6, 6.07) is 24.1. The predicted molar refractivity (Wildman–Crippen MR) is 143 cm³/mol. The number of pyridine rings is 1. The summed E-state index contributed by atoms with van der Waals surface area (Å²) in [5.74, 6) is -0.470. The Balaban J connectivity index is 1.53. The second-order valence-electron chi connectivity index (χ2n) is 7.70. The van der Waals surface area contributed by atoms with Gasteiger partial charge in [-0.2, -0.15) is 0 Å². The number of hydrogen-bond acceptors (Lipinski definition) is 6. The van der Waals surface area contributed by atoms with Crippen LogP contribution >= 0.6 is 11.6 Å². The lowest BCUT2D eigenvalue weighted by molar-refractivity contribution is -0.114. The van der Waals surface area contributed by atoms with E-state index in [1.807, 2.05) is 0 Å². The van der Waals surface area contributed by atoms with Crippen molar-refractivity contribution in [1.82, 2.24) is 4.98 Å². The van der Waals surface area contributed by atoms with E-state index in [1.54, 1.807) is 42.5 Å². The van der Waals surface area contributed by atoms with Crippen LogP contribution in [0.5, 0.6) is 0 Å². The summed E-state index contributed by atoms with van der Waals surface area (Å²) < 4.78 is 55.2. The van der Waals surface area contributed by atoms with E-state index >= 15 is 0 Å². The fraction of sp³-hybridized carbons (Fsp3) is 0.0400. The van der Waals surface area contributed by atoms with E-state index in [9.17, 15) is 21.6 Å². The highest BCUT2D eigenvalue weighted by molar-refractivity contribution is 7.93. The quantitative estimate of drug-likeness (QED) is 0.315. The van der Waals surface area contributed by atoms with Gasteiger partial charge in [-0.25, -0.2) is 21.8 Å². The van der Waals surface area contributed by atoms with Crippen LogP contribution in [0.15, 0.2) is 113 Å². The Kier molecular flexibility index (Phi) is 7.77. The number of rotatable bonds is 9. The van der Waals surface area contributed by atoms with Gasteiger partial charge in [-0.15, -0.1) is 0 Å². The summed E-state index contributed by atoms with van der Waals surface area (Å²) >= 11 is 6.07. The first-order valence-corrected chi connectivity index (χ1v) is 14.1. The molecule has 0 saturated heterocycles. The van der Waals surface area contributed by atoms with Crippen LogP contribution in [-0.2, 0) is 24.8 Å². The highest BCUT2D eigenvalue weighted by atomic mass is 35.5. The number of nitrogens with zero attached hydrogens (tertiary/aromatic N) is 2. The van der Waals surface area contributed by atoms with Gasteiger partial charge in [-0.3, -0.25) is 13.8 Å². The lowest BCUT2D eigenvalue weighted by Crippen LogP contribution is -2.38. The molecule has 0 unspecified atom stereocenters. The van der Waals surface area contributed by atoms with Crippen molar-refractivity contribution in [2.75, 3.05) is 20.9 Å². The SMILES string of the molecule is O=C(CN(c1cccc(Cl)c1)S(=O)(=O)c1ccccc1)Nc1ccc(S(=O)(=O)Nc2ccccn2)cc1. The van der Waals surface area contributed by atoms with Gasteiger partial charge >= 0.3 is 0 Å². The van der Waals surface area contributed by atoms with Crippen molar-refractivity contribution in [3.8, 4) is 0 Å². The number of hydrogen-bond donors (Lipinski definition) is 2. The minimum atomic E-state index is -4.09. The van der Waals surface area contributed by atoms with E-state index in [1.165, 1.54) is 60.8 Å². The Morgan fingerprint density at radius 2 is 1.51 bits per heavy atom. The fourth-order valence-electron chi connectivity index (χ4n) is 3.33. The van der Waals surface area contributed by atoms with E-state index in [2.05, 4.69) is 15.0 Å². The number of nitrogens with one attached hydrogen (secondary N) is 2. The van der Waals surface area contributed by atoms with Crippen LogP contribution in [0, 0.1) is 0 Å². The van der Waals surface area contributed by atoms with Gasteiger partial charge in [0, 0.05) is 16.9 Å². The molecule has 0 bridgehead atoms. The second kappa shape index (κ2) is 11.0. The monoisotopic (exact) mass is 556 g/mol. The number of carbonyl (C=O) groups is 1. The molecule has 0 aliphatic rings. The predicted octanol–water partition coefficient (Wildman–Crippen LogP) is 4.37. The zero-order valence-corrected chi connectivity index (χ0v) is 21.5. The van der Waals surface area contributed by atoms with E-state index in [4.69, 9.17) is 11.6 Å². The van der Waals surface area contributed by atoms with Crippen LogP contribution in [0.3, 0.4) is 0 Å². The molecule has 190 valence electrons. The maximum absolute atomic E-state index is 13.4. The first-order valence-electron chi connectivity index (χ1n) is 10.8. The van der Waals surface area contributed by atoms with Crippen LogP contribution in [0.4, 0.5) is 17.2 Å². The third-order valence-corrected chi connectivity index (χ3v) is 8.46. The average Bonchev–Trinajstić information content (AvgIpc) is 2.88. The van der Waals surface area contributed by atoms with Gasteiger partial charge in [0.15, 0.2) is 0 Å². The molecule has 9 nitrogen and oxygen atoms in total. The van der Waals surface area contributed by atoms with E-state index in [0.717, 1.165) is 4.31 Å². The van der Waals surface area contributed by atoms with Crippen molar-refractivity contribution in [2.24, 2.45) is 0 Å². The van der Waals surface area contributed by atoms with Crippen molar-refractivity contribution in [3.05, 3.63) is 108 Å². The normalized spacial score (nSPS) is 11.5. The lowest BCUT2D eigenvalue weighted by Gasteiger charge is -2.24. The van der Waals surface area contributed by atoms with Crippen LogP contribution in [-0.4, -0.2) is 34.3 Å². The van der Waals surface area contributed by atoms with E-state index in [-0.39, 0.29) is 27.0 Å². The topological polar surface area (TPSA) is 126 Å². The molecule has 0 fully saturated rings. The summed E-state index contributed by atoms with van der Waals surface area (Å²) in [5, 5.41) is 2.91. The van der Waals surface area contributed by atoms with Crippen molar-refractivity contribution < 1.29 is 21.6 Å². The zero-order valence-electron chi connectivity index (χ0n) is 19.2. The van der Waals surface area contributed by atoms with Gasteiger partial charge < -0.3 is 5.32 Å². The molecule has 1 amide bonds.